The van der Waals surface area contributed by atoms with Gasteiger partial charge in [-0.2, -0.15) is 0 Å². The van der Waals surface area contributed by atoms with Crippen LogP contribution in [0.3, 0.4) is 0 Å². The Kier molecular flexibility index (Phi) is 3.02. The van der Waals surface area contributed by atoms with Gasteiger partial charge in [-0.25, -0.2) is 9.37 Å². The van der Waals surface area contributed by atoms with Crippen molar-refractivity contribution < 1.29 is 8.91 Å². The SMILES string of the molecule is Cc1noc2ncn(Cc3c(F)cccc3Cl)c(=O)c12. The Bertz CT molecular complexity index is 836. The third-order valence-electron chi connectivity index (χ3n) is 3.02. The smallest absolute Gasteiger partial charge is 0.266 e. The van der Waals surface area contributed by atoms with Crippen LogP contribution in [0.15, 0.2) is 33.8 Å². The van der Waals surface area contributed by atoms with Crippen molar-refractivity contribution in [2.45, 2.75) is 13.5 Å². The zero-order valence-corrected chi connectivity index (χ0v) is 11.2. The van der Waals surface area contributed by atoms with E-state index in [9.17, 15) is 9.18 Å². The predicted octanol–water partition coefficient (Wildman–Crippen LogP) is 2.53. The van der Waals surface area contributed by atoms with Crippen LogP contribution in [0.1, 0.15) is 11.3 Å². The number of hydrogen-bond acceptors (Lipinski definition) is 4. The van der Waals surface area contributed by atoms with Gasteiger partial charge in [-0.1, -0.05) is 22.8 Å². The van der Waals surface area contributed by atoms with Crippen molar-refractivity contribution in [3.05, 3.63) is 57.0 Å². The van der Waals surface area contributed by atoms with Crippen LogP contribution in [0.5, 0.6) is 0 Å². The summed E-state index contributed by atoms with van der Waals surface area (Å²) in [5, 5.41) is 4.24. The van der Waals surface area contributed by atoms with Gasteiger partial charge in [0.2, 0.25) is 0 Å². The van der Waals surface area contributed by atoms with Crippen molar-refractivity contribution >= 4 is 22.7 Å². The summed E-state index contributed by atoms with van der Waals surface area (Å²) in [6.07, 6.45) is 1.29. The Labute approximate surface area is 117 Å². The van der Waals surface area contributed by atoms with E-state index in [-0.39, 0.29) is 28.4 Å². The molecule has 20 heavy (non-hydrogen) atoms. The monoisotopic (exact) mass is 293 g/mol. The number of fused-ring (bicyclic) bond motifs is 1. The molecule has 102 valence electrons. The Morgan fingerprint density at radius 2 is 2.25 bits per heavy atom. The Balaban J connectivity index is 2.14. The van der Waals surface area contributed by atoms with Crippen molar-refractivity contribution in [1.82, 2.24) is 14.7 Å². The zero-order valence-electron chi connectivity index (χ0n) is 10.4. The summed E-state index contributed by atoms with van der Waals surface area (Å²) in [6, 6.07) is 4.38. The molecule has 0 bridgehead atoms. The number of benzene rings is 1. The maximum Gasteiger partial charge on any atom is 0.266 e. The topological polar surface area (TPSA) is 60.9 Å². The average molecular weight is 294 g/mol. The molecule has 0 atom stereocenters. The first kappa shape index (κ1) is 12.8. The Hall–Kier alpha value is -2.21. The van der Waals surface area contributed by atoms with Crippen molar-refractivity contribution in [3.8, 4) is 0 Å². The quantitative estimate of drug-likeness (QED) is 0.728. The predicted molar refractivity (Wildman–Crippen MR) is 71.3 cm³/mol. The molecule has 0 unspecified atom stereocenters. The van der Waals surface area contributed by atoms with Crippen molar-refractivity contribution in [3.63, 3.8) is 0 Å². The van der Waals surface area contributed by atoms with Crippen LogP contribution < -0.4 is 5.56 Å². The second-order valence-corrected chi connectivity index (χ2v) is 4.73. The Morgan fingerprint density at radius 1 is 1.45 bits per heavy atom. The second kappa shape index (κ2) is 4.72. The van der Waals surface area contributed by atoms with Crippen molar-refractivity contribution in [2.75, 3.05) is 0 Å². The van der Waals surface area contributed by atoms with Gasteiger partial charge >= 0.3 is 0 Å². The summed E-state index contributed by atoms with van der Waals surface area (Å²) in [6.45, 7) is 1.65. The summed E-state index contributed by atoms with van der Waals surface area (Å²) in [7, 11) is 0. The Morgan fingerprint density at radius 3 is 3.00 bits per heavy atom. The largest absolute Gasteiger partial charge is 0.335 e. The van der Waals surface area contributed by atoms with Gasteiger partial charge in [-0.3, -0.25) is 9.36 Å². The molecule has 0 aliphatic rings. The lowest BCUT2D eigenvalue weighted by atomic mass is 10.2. The summed E-state index contributed by atoms with van der Waals surface area (Å²) < 4.78 is 19.9. The summed E-state index contributed by atoms with van der Waals surface area (Å²) in [5.74, 6) is -0.466. The molecule has 7 heteroatoms. The highest BCUT2D eigenvalue weighted by atomic mass is 35.5. The van der Waals surface area contributed by atoms with Gasteiger partial charge < -0.3 is 4.52 Å². The van der Waals surface area contributed by atoms with Crippen LogP contribution in [-0.2, 0) is 6.54 Å². The maximum atomic E-state index is 13.7. The molecule has 0 spiro atoms. The number of aromatic nitrogens is 3. The molecule has 3 aromatic rings. The third-order valence-corrected chi connectivity index (χ3v) is 3.38. The fraction of sp³-hybridized carbons (Fsp3) is 0.154. The lowest BCUT2D eigenvalue weighted by Crippen LogP contribution is -2.21. The van der Waals surface area contributed by atoms with Gasteiger partial charge in [-0.05, 0) is 19.1 Å². The highest BCUT2D eigenvalue weighted by molar-refractivity contribution is 6.31. The van der Waals surface area contributed by atoms with E-state index in [2.05, 4.69) is 10.1 Å². The van der Waals surface area contributed by atoms with E-state index < -0.39 is 5.82 Å². The minimum absolute atomic E-state index is 0.00208. The van der Waals surface area contributed by atoms with Crippen molar-refractivity contribution in [1.29, 1.82) is 0 Å². The number of hydrogen-bond donors (Lipinski definition) is 0. The lowest BCUT2D eigenvalue weighted by Gasteiger charge is -2.08. The second-order valence-electron chi connectivity index (χ2n) is 4.33. The first-order chi connectivity index (χ1) is 9.58. The minimum Gasteiger partial charge on any atom is -0.335 e. The van der Waals surface area contributed by atoms with E-state index in [1.807, 2.05) is 0 Å². The standard InChI is InChI=1S/C13H9ClFN3O2/c1-7-11-12(20-17-7)16-6-18(13(11)19)5-8-9(14)3-2-4-10(8)15/h2-4,6H,5H2,1H3. The number of halogens is 2. The van der Waals surface area contributed by atoms with Crippen LogP contribution in [-0.4, -0.2) is 14.7 Å². The molecule has 0 radical (unpaired) electrons. The average Bonchev–Trinajstić information content (AvgIpc) is 2.79. The molecule has 1 aromatic carbocycles. The van der Waals surface area contributed by atoms with E-state index in [4.69, 9.17) is 16.1 Å². The summed E-state index contributed by atoms with van der Waals surface area (Å²) in [4.78, 5) is 16.3. The van der Waals surface area contributed by atoms with Crippen LogP contribution >= 0.6 is 11.6 Å². The molecule has 3 rings (SSSR count). The number of nitrogens with zero attached hydrogens (tertiary/aromatic N) is 3. The van der Waals surface area contributed by atoms with E-state index >= 15 is 0 Å². The summed E-state index contributed by atoms with van der Waals surface area (Å²) in [5.41, 5.74) is 0.523. The summed E-state index contributed by atoms with van der Waals surface area (Å²) >= 11 is 5.95. The highest BCUT2D eigenvalue weighted by Crippen LogP contribution is 2.20. The molecule has 0 fully saturated rings. The normalized spacial score (nSPS) is 11.2. The van der Waals surface area contributed by atoms with Gasteiger partial charge in [0.25, 0.3) is 11.3 Å². The molecule has 0 N–H and O–H groups in total. The van der Waals surface area contributed by atoms with Gasteiger partial charge in [0, 0.05) is 10.6 Å². The number of rotatable bonds is 2. The van der Waals surface area contributed by atoms with E-state index in [1.54, 1.807) is 13.0 Å². The highest BCUT2D eigenvalue weighted by Gasteiger charge is 2.14. The maximum absolute atomic E-state index is 13.7. The fourth-order valence-electron chi connectivity index (χ4n) is 1.98. The van der Waals surface area contributed by atoms with Crippen LogP contribution in [0, 0.1) is 12.7 Å². The van der Waals surface area contributed by atoms with Crippen LogP contribution in [0.25, 0.3) is 11.1 Å². The molecule has 0 saturated heterocycles. The van der Waals surface area contributed by atoms with Gasteiger partial charge in [-0.15, -0.1) is 0 Å². The fourth-order valence-corrected chi connectivity index (χ4v) is 2.20. The van der Waals surface area contributed by atoms with E-state index in [1.165, 1.54) is 23.0 Å². The van der Waals surface area contributed by atoms with Gasteiger partial charge in [0.05, 0.1) is 12.2 Å². The van der Waals surface area contributed by atoms with Crippen molar-refractivity contribution in [2.24, 2.45) is 0 Å². The molecule has 0 amide bonds. The van der Waals surface area contributed by atoms with Gasteiger partial charge in [0.1, 0.15) is 17.5 Å². The number of aryl methyl sites for hydroxylation is 1. The van der Waals surface area contributed by atoms with Crippen LogP contribution in [0.4, 0.5) is 4.39 Å². The van der Waals surface area contributed by atoms with E-state index in [0.717, 1.165) is 0 Å². The van der Waals surface area contributed by atoms with E-state index in [0.29, 0.717) is 11.1 Å². The molecule has 0 aliphatic carbocycles. The first-order valence-corrected chi connectivity index (χ1v) is 6.20. The molecule has 2 aromatic heterocycles. The molecule has 0 saturated carbocycles. The lowest BCUT2D eigenvalue weighted by molar-refractivity contribution is 0.442. The first-order valence-electron chi connectivity index (χ1n) is 5.82. The molecule has 0 aliphatic heterocycles. The van der Waals surface area contributed by atoms with Crippen LogP contribution in [0.2, 0.25) is 5.02 Å². The molecule has 5 nitrogen and oxygen atoms in total. The molecular formula is C13H9ClFN3O2. The molecular weight excluding hydrogens is 285 g/mol. The minimum atomic E-state index is -0.466. The third kappa shape index (κ3) is 1.98. The molecule has 2 heterocycles. The zero-order chi connectivity index (χ0) is 14.3. The van der Waals surface area contributed by atoms with Gasteiger partial charge in [0.15, 0.2) is 0 Å².